The number of urea groups is 1. The lowest BCUT2D eigenvalue weighted by molar-refractivity contribution is 0.122. The highest BCUT2D eigenvalue weighted by molar-refractivity contribution is 9.10. The first-order chi connectivity index (χ1) is 11.7. The van der Waals surface area contributed by atoms with Crippen molar-refractivity contribution in [3.63, 3.8) is 0 Å². The van der Waals surface area contributed by atoms with Gasteiger partial charge in [0.2, 0.25) is 0 Å². The third-order valence-electron chi connectivity index (χ3n) is 3.61. The Hall–Kier alpha value is -2.19. The van der Waals surface area contributed by atoms with E-state index >= 15 is 0 Å². The predicted octanol–water partition coefficient (Wildman–Crippen LogP) is 2.40. The Labute approximate surface area is 148 Å². The van der Waals surface area contributed by atoms with E-state index in [1.807, 2.05) is 12.1 Å². The number of pyridine rings is 2. The Balaban J connectivity index is 1.56. The molecule has 0 atom stereocenters. The molecule has 2 amide bonds. The van der Waals surface area contributed by atoms with E-state index in [1.54, 1.807) is 24.5 Å². The fourth-order valence-electron chi connectivity index (χ4n) is 2.36. The van der Waals surface area contributed by atoms with Crippen molar-refractivity contribution >= 4 is 33.5 Å². The number of amides is 2. The molecule has 0 saturated carbocycles. The zero-order valence-corrected chi connectivity index (χ0v) is 14.6. The van der Waals surface area contributed by atoms with Gasteiger partial charge in [-0.1, -0.05) is 0 Å². The van der Waals surface area contributed by atoms with Crippen LogP contribution in [-0.2, 0) is 11.3 Å². The number of nitrogens with one attached hydrogen (secondary N) is 2. The van der Waals surface area contributed by atoms with Crippen LogP contribution >= 0.6 is 15.9 Å². The molecule has 1 fully saturated rings. The van der Waals surface area contributed by atoms with Gasteiger partial charge < -0.3 is 20.3 Å². The molecule has 0 radical (unpaired) electrons. The number of rotatable bonds is 4. The van der Waals surface area contributed by atoms with Crippen LogP contribution in [0, 0.1) is 0 Å². The number of nitrogens with zero attached hydrogens (tertiary/aromatic N) is 3. The van der Waals surface area contributed by atoms with E-state index in [-0.39, 0.29) is 6.03 Å². The van der Waals surface area contributed by atoms with Gasteiger partial charge in [-0.05, 0) is 45.8 Å². The molecule has 0 aliphatic carbocycles. The van der Waals surface area contributed by atoms with Crippen molar-refractivity contribution in [3.05, 3.63) is 46.8 Å². The standard InChI is InChI=1S/C16H18BrN5O2/c17-15-13(2-1-4-19-15)21-16(23)20-11-12-3-5-18-14(10-12)22-6-8-24-9-7-22/h1-5,10H,6-9,11H2,(H2,20,21,23). The van der Waals surface area contributed by atoms with Gasteiger partial charge >= 0.3 is 6.03 Å². The van der Waals surface area contributed by atoms with E-state index in [2.05, 4.69) is 41.4 Å². The summed E-state index contributed by atoms with van der Waals surface area (Å²) in [6.45, 7) is 3.52. The number of carbonyl (C=O) groups is 1. The molecular weight excluding hydrogens is 374 g/mol. The lowest BCUT2D eigenvalue weighted by atomic mass is 10.2. The Kier molecular flexibility index (Phi) is 5.60. The first-order valence-electron chi connectivity index (χ1n) is 7.65. The minimum atomic E-state index is -0.284. The first-order valence-corrected chi connectivity index (χ1v) is 8.44. The second-order valence-electron chi connectivity index (χ2n) is 5.27. The van der Waals surface area contributed by atoms with E-state index in [1.165, 1.54) is 0 Å². The van der Waals surface area contributed by atoms with Crippen molar-refractivity contribution in [1.82, 2.24) is 15.3 Å². The van der Waals surface area contributed by atoms with Crippen molar-refractivity contribution in [3.8, 4) is 0 Å². The van der Waals surface area contributed by atoms with E-state index in [0.717, 1.165) is 24.5 Å². The van der Waals surface area contributed by atoms with Crippen LogP contribution in [0.15, 0.2) is 41.3 Å². The Morgan fingerprint density at radius 2 is 2.08 bits per heavy atom. The molecule has 1 saturated heterocycles. The summed E-state index contributed by atoms with van der Waals surface area (Å²) in [5.41, 5.74) is 1.62. The summed E-state index contributed by atoms with van der Waals surface area (Å²) in [6.07, 6.45) is 3.41. The van der Waals surface area contributed by atoms with E-state index in [4.69, 9.17) is 4.74 Å². The van der Waals surface area contributed by atoms with Crippen LogP contribution in [0.2, 0.25) is 0 Å². The maximum absolute atomic E-state index is 12.0. The van der Waals surface area contributed by atoms with Crippen LogP contribution in [0.3, 0.4) is 0 Å². The minimum Gasteiger partial charge on any atom is -0.378 e. The quantitative estimate of drug-likeness (QED) is 0.782. The number of halogens is 1. The average Bonchev–Trinajstić information content (AvgIpc) is 2.63. The topological polar surface area (TPSA) is 79.4 Å². The highest BCUT2D eigenvalue weighted by Gasteiger charge is 2.13. The van der Waals surface area contributed by atoms with Gasteiger partial charge in [-0.25, -0.2) is 14.8 Å². The second kappa shape index (κ2) is 8.07. The van der Waals surface area contributed by atoms with Gasteiger partial charge in [-0.3, -0.25) is 0 Å². The number of hydrogen-bond donors (Lipinski definition) is 2. The summed E-state index contributed by atoms with van der Waals surface area (Å²) >= 11 is 3.30. The molecule has 2 aromatic heterocycles. The van der Waals surface area contributed by atoms with Crippen LogP contribution < -0.4 is 15.5 Å². The van der Waals surface area contributed by atoms with Crippen molar-refractivity contribution in [2.45, 2.75) is 6.54 Å². The third-order valence-corrected chi connectivity index (χ3v) is 4.24. The van der Waals surface area contributed by atoms with Gasteiger partial charge in [0.05, 0.1) is 18.9 Å². The zero-order chi connectivity index (χ0) is 16.8. The maximum atomic E-state index is 12.0. The normalized spacial score (nSPS) is 14.3. The predicted molar refractivity (Wildman–Crippen MR) is 95.1 cm³/mol. The largest absolute Gasteiger partial charge is 0.378 e. The summed E-state index contributed by atoms with van der Waals surface area (Å²) < 4.78 is 5.95. The summed E-state index contributed by atoms with van der Waals surface area (Å²) in [4.78, 5) is 22.7. The minimum absolute atomic E-state index is 0.284. The molecule has 8 heteroatoms. The highest BCUT2D eigenvalue weighted by Crippen LogP contribution is 2.18. The van der Waals surface area contributed by atoms with Crippen LogP contribution in [0.25, 0.3) is 0 Å². The molecule has 3 heterocycles. The lowest BCUT2D eigenvalue weighted by Crippen LogP contribution is -2.36. The molecule has 2 aromatic rings. The van der Waals surface area contributed by atoms with Crippen molar-refractivity contribution in [1.29, 1.82) is 0 Å². The molecule has 0 spiro atoms. The van der Waals surface area contributed by atoms with Crippen LogP contribution in [-0.4, -0.2) is 42.3 Å². The molecule has 3 rings (SSSR count). The second-order valence-corrected chi connectivity index (χ2v) is 6.02. The van der Waals surface area contributed by atoms with Gasteiger partial charge in [-0.15, -0.1) is 0 Å². The fraction of sp³-hybridized carbons (Fsp3) is 0.312. The first kappa shape index (κ1) is 16.7. The number of hydrogen-bond acceptors (Lipinski definition) is 5. The SMILES string of the molecule is O=C(NCc1ccnc(N2CCOCC2)c1)Nc1cccnc1Br. The van der Waals surface area contributed by atoms with Crippen LogP contribution in [0.5, 0.6) is 0 Å². The third kappa shape index (κ3) is 4.42. The number of morpholine rings is 1. The van der Waals surface area contributed by atoms with Crippen molar-refractivity contribution in [2.24, 2.45) is 0 Å². The van der Waals surface area contributed by atoms with Crippen molar-refractivity contribution in [2.75, 3.05) is 36.5 Å². The van der Waals surface area contributed by atoms with E-state index < -0.39 is 0 Å². The molecule has 2 N–H and O–H groups in total. The molecule has 0 aromatic carbocycles. The Bertz CT molecular complexity index is 706. The molecule has 24 heavy (non-hydrogen) atoms. The lowest BCUT2D eigenvalue weighted by Gasteiger charge is -2.28. The smallest absolute Gasteiger partial charge is 0.319 e. The molecule has 0 unspecified atom stereocenters. The average molecular weight is 392 g/mol. The van der Waals surface area contributed by atoms with Gasteiger partial charge in [0.25, 0.3) is 0 Å². The van der Waals surface area contributed by atoms with Gasteiger partial charge in [0.15, 0.2) is 0 Å². The number of carbonyl (C=O) groups excluding carboxylic acids is 1. The molecule has 7 nitrogen and oxygen atoms in total. The highest BCUT2D eigenvalue weighted by atomic mass is 79.9. The fourth-order valence-corrected chi connectivity index (χ4v) is 2.71. The Morgan fingerprint density at radius 3 is 2.88 bits per heavy atom. The summed E-state index contributed by atoms with van der Waals surface area (Å²) in [6, 6.07) is 7.14. The molecular formula is C16H18BrN5O2. The number of ether oxygens (including phenoxy) is 1. The van der Waals surface area contributed by atoms with E-state index in [9.17, 15) is 4.79 Å². The van der Waals surface area contributed by atoms with Gasteiger partial charge in [-0.2, -0.15) is 0 Å². The van der Waals surface area contributed by atoms with Crippen LogP contribution in [0.1, 0.15) is 5.56 Å². The van der Waals surface area contributed by atoms with E-state index in [0.29, 0.717) is 30.0 Å². The molecule has 126 valence electrons. The molecule has 1 aliphatic heterocycles. The zero-order valence-electron chi connectivity index (χ0n) is 13.0. The van der Waals surface area contributed by atoms with Gasteiger partial charge in [0.1, 0.15) is 10.4 Å². The Morgan fingerprint density at radius 1 is 1.25 bits per heavy atom. The van der Waals surface area contributed by atoms with Crippen LogP contribution in [0.4, 0.5) is 16.3 Å². The molecule has 0 bridgehead atoms. The monoisotopic (exact) mass is 391 g/mol. The number of anilines is 2. The summed E-state index contributed by atoms with van der Waals surface area (Å²) in [7, 11) is 0. The number of aromatic nitrogens is 2. The summed E-state index contributed by atoms with van der Waals surface area (Å²) in [5.74, 6) is 0.910. The van der Waals surface area contributed by atoms with Crippen molar-refractivity contribution < 1.29 is 9.53 Å². The van der Waals surface area contributed by atoms with Gasteiger partial charge in [0, 0.05) is 32.0 Å². The maximum Gasteiger partial charge on any atom is 0.319 e. The summed E-state index contributed by atoms with van der Waals surface area (Å²) in [5, 5.41) is 5.59. The molecule has 1 aliphatic rings.